The van der Waals surface area contributed by atoms with Crippen LogP contribution >= 0.6 is 0 Å². The molecule has 20 heavy (non-hydrogen) atoms. The first-order chi connectivity index (χ1) is 9.35. The fraction of sp³-hybridized carbons (Fsp3) is 0.583. The van der Waals surface area contributed by atoms with Gasteiger partial charge in [0, 0.05) is 19.0 Å². The second kappa shape index (κ2) is 7.41. The fourth-order valence-corrected chi connectivity index (χ4v) is 2.17. The van der Waals surface area contributed by atoms with Crippen LogP contribution in [0.25, 0.3) is 0 Å². The van der Waals surface area contributed by atoms with Crippen molar-refractivity contribution in [2.24, 2.45) is 0 Å². The van der Waals surface area contributed by atoms with Gasteiger partial charge in [-0.3, -0.25) is 4.79 Å². The van der Waals surface area contributed by atoms with Crippen molar-refractivity contribution < 1.29 is 17.6 Å². The third kappa shape index (κ3) is 5.32. The summed E-state index contributed by atoms with van der Waals surface area (Å²) in [5, 5.41) is 5.69. The Hall–Kier alpha value is -1.38. The number of carbonyl (C=O) groups excluding carboxylic acids is 1. The Bertz CT molecular complexity index is 537. The van der Waals surface area contributed by atoms with Crippen LogP contribution in [0, 0.1) is 0 Å². The minimum atomic E-state index is -3.54. The normalized spacial score (nSPS) is 11.8. The Morgan fingerprint density at radius 1 is 1.35 bits per heavy atom. The van der Waals surface area contributed by atoms with Gasteiger partial charge in [0.1, 0.15) is 5.76 Å². The number of amides is 1. The third-order valence-corrected chi connectivity index (χ3v) is 3.73. The lowest BCUT2D eigenvalue weighted by Gasteiger charge is -2.08. The highest BCUT2D eigenvalue weighted by atomic mass is 32.2. The van der Waals surface area contributed by atoms with Gasteiger partial charge < -0.3 is 15.1 Å². The highest BCUT2D eigenvalue weighted by Gasteiger charge is 2.16. The van der Waals surface area contributed by atoms with E-state index in [4.69, 9.17) is 4.42 Å². The molecule has 0 aliphatic carbocycles. The Kier molecular flexibility index (Phi) is 6.18. The highest BCUT2D eigenvalue weighted by Crippen LogP contribution is 2.12. The second-order valence-electron chi connectivity index (χ2n) is 4.58. The molecular weight excluding hydrogens is 282 g/mol. The molecular formula is C12H21N3O4S. The van der Waals surface area contributed by atoms with Crippen LogP contribution in [-0.4, -0.2) is 34.0 Å². The van der Waals surface area contributed by atoms with Gasteiger partial charge in [0.25, 0.3) is 10.0 Å². The van der Waals surface area contributed by atoms with Crippen LogP contribution in [0.15, 0.2) is 21.6 Å². The van der Waals surface area contributed by atoms with E-state index in [1.54, 1.807) is 6.07 Å². The summed E-state index contributed by atoms with van der Waals surface area (Å²) in [7, 11) is -2.22. The van der Waals surface area contributed by atoms with Crippen molar-refractivity contribution in [2.45, 2.75) is 37.9 Å². The van der Waals surface area contributed by atoms with E-state index >= 15 is 0 Å². The van der Waals surface area contributed by atoms with E-state index in [1.165, 1.54) is 13.1 Å². The molecule has 0 unspecified atom stereocenters. The summed E-state index contributed by atoms with van der Waals surface area (Å²) in [6.45, 7) is 4.66. The Morgan fingerprint density at radius 3 is 2.65 bits per heavy atom. The number of hydrogen-bond acceptors (Lipinski definition) is 5. The highest BCUT2D eigenvalue weighted by molar-refractivity contribution is 7.89. The molecule has 1 aromatic heterocycles. The summed E-state index contributed by atoms with van der Waals surface area (Å²) >= 11 is 0. The molecule has 3 N–H and O–H groups in total. The summed E-state index contributed by atoms with van der Waals surface area (Å²) in [5.41, 5.74) is 0. The predicted molar refractivity (Wildman–Crippen MR) is 74.6 cm³/mol. The van der Waals surface area contributed by atoms with Crippen molar-refractivity contribution in [1.82, 2.24) is 15.4 Å². The first-order valence-corrected chi connectivity index (χ1v) is 7.86. The summed E-state index contributed by atoms with van der Waals surface area (Å²) in [4.78, 5) is 11.4. The predicted octanol–water partition coefficient (Wildman–Crippen LogP) is 0.192. The molecule has 0 aromatic carbocycles. The number of sulfonamides is 1. The molecule has 7 nitrogen and oxygen atoms in total. The van der Waals surface area contributed by atoms with Gasteiger partial charge in [-0.1, -0.05) is 0 Å². The number of carbonyl (C=O) groups is 1. The molecule has 1 amide bonds. The van der Waals surface area contributed by atoms with Crippen LogP contribution in [-0.2, 0) is 21.4 Å². The average Bonchev–Trinajstić information content (AvgIpc) is 2.83. The molecule has 0 atom stereocenters. The van der Waals surface area contributed by atoms with Crippen molar-refractivity contribution in [3.63, 3.8) is 0 Å². The lowest BCUT2D eigenvalue weighted by Crippen LogP contribution is -2.32. The molecule has 1 aromatic rings. The van der Waals surface area contributed by atoms with Gasteiger partial charge >= 0.3 is 0 Å². The van der Waals surface area contributed by atoms with E-state index in [9.17, 15) is 13.2 Å². The zero-order chi connectivity index (χ0) is 15.2. The van der Waals surface area contributed by atoms with Crippen LogP contribution in [0.2, 0.25) is 0 Å². The van der Waals surface area contributed by atoms with Crippen LogP contribution in [0.3, 0.4) is 0 Å². The van der Waals surface area contributed by atoms with Gasteiger partial charge in [0.15, 0.2) is 0 Å². The molecule has 0 bridgehead atoms. The number of hydrogen-bond donors (Lipinski definition) is 3. The zero-order valence-electron chi connectivity index (χ0n) is 11.9. The lowest BCUT2D eigenvalue weighted by molar-refractivity contribution is -0.121. The monoisotopic (exact) mass is 303 g/mol. The van der Waals surface area contributed by atoms with Crippen LogP contribution in [0.5, 0.6) is 0 Å². The van der Waals surface area contributed by atoms with Crippen LogP contribution in [0.4, 0.5) is 0 Å². The quantitative estimate of drug-likeness (QED) is 0.595. The maximum Gasteiger partial charge on any atom is 0.273 e. The van der Waals surface area contributed by atoms with Crippen LogP contribution in [0.1, 0.15) is 26.0 Å². The number of nitrogens with one attached hydrogen (secondary N) is 3. The van der Waals surface area contributed by atoms with Crippen molar-refractivity contribution in [1.29, 1.82) is 0 Å². The molecule has 0 fully saturated rings. The van der Waals surface area contributed by atoms with Gasteiger partial charge in [0.05, 0.1) is 6.54 Å². The molecule has 114 valence electrons. The van der Waals surface area contributed by atoms with Crippen molar-refractivity contribution in [2.75, 3.05) is 13.6 Å². The van der Waals surface area contributed by atoms with Gasteiger partial charge in [-0.15, -0.1) is 0 Å². The van der Waals surface area contributed by atoms with Gasteiger partial charge in [-0.25, -0.2) is 13.1 Å². The van der Waals surface area contributed by atoms with Crippen molar-refractivity contribution >= 4 is 15.9 Å². The van der Waals surface area contributed by atoms with Crippen molar-refractivity contribution in [3.8, 4) is 0 Å². The van der Waals surface area contributed by atoms with Gasteiger partial charge in [-0.2, -0.15) is 0 Å². The summed E-state index contributed by atoms with van der Waals surface area (Å²) in [6, 6.07) is 3.11. The number of furan rings is 1. The summed E-state index contributed by atoms with van der Waals surface area (Å²) < 4.78 is 30.3. The Morgan fingerprint density at radius 2 is 2.05 bits per heavy atom. The molecule has 0 saturated carbocycles. The van der Waals surface area contributed by atoms with E-state index in [1.807, 2.05) is 13.8 Å². The largest absolute Gasteiger partial charge is 0.447 e. The smallest absolute Gasteiger partial charge is 0.273 e. The zero-order valence-corrected chi connectivity index (χ0v) is 12.7. The lowest BCUT2D eigenvalue weighted by atomic mass is 10.3. The average molecular weight is 303 g/mol. The summed E-state index contributed by atoms with van der Waals surface area (Å²) in [5.74, 6) is 0.480. The maximum absolute atomic E-state index is 11.5. The number of rotatable bonds is 8. The third-order valence-electron chi connectivity index (χ3n) is 2.45. The first-order valence-electron chi connectivity index (χ1n) is 6.37. The Labute approximate surface area is 119 Å². The Balaban J connectivity index is 2.35. The van der Waals surface area contributed by atoms with Gasteiger partial charge in [0.2, 0.25) is 11.0 Å². The van der Waals surface area contributed by atoms with Crippen molar-refractivity contribution in [3.05, 3.63) is 17.9 Å². The molecule has 1 heterocycles. The maximum atomic E-state index is 11.5. The molecule has 0 aliphatic rings. The molecule has 0 aliphatic heterocycles. The molecule has 0 saturated heterocycles. The molecule has 1 rings (SSSR count). The topological polar surface area (TPSA) is 100 Å². The molecule has 0 spiro atoms. The van der Waals surface area contributed by atoms with E-state index < -0.39 is 10.0 Å². The minimum absolute atomic E-state index is 0.0228. The van der Waals surface area contributed by atoms with E-state index in [-0.39, 0.29) is 17.0 Å². The molecule has 8 heteroatoms. The minimum Gasteiger partial charge on any atom is -0.447 e. The summed E-state index contributed by atoms with van der Waals surface area (Å²) in [6.07, 6.45) is 0.362. The molecule has 0 radical (unpaired) electrons. The SMILES string of the molecule is CNS(=O)(=O)c1ccc(CNCCC(=O)NC(C)C)o1. The second-order valence-corrected chi connectivity index (χ2v) is 6.39. The van der Waals surface area contributed by atoms with E-state index in [0.717, 1.165) is 0 Å². The van der Waals surface area contributed by atoms with E-state index in [0.29, 0.717) is 25.3 Å². The first kappa shape index (κ1) is 16.7. The van der Waals surface area contributed by atoms with E-state index in [2.05, 4.69) is 15.4 Å². The van der Waals surface area contributed by atoms with Crippen LogP contribution < -0.4 is 15.4 Å². The standard InChI is InChI=1S/C12H21N3O4S/c1-9(2)15-11(16)6-7-14-8-10-4-5-12(19-10)20(17,18)13-3/h4-5,9,13-14H,6-8H2,1-3H3,(H,15,16). The fourth-order valence-electron chi connectivity index (χ4n) is 1.51. The van der Waals surface area contributed by atoms with Gasteiger partial charge in [-0.05, 0) is 33.0 Å².